The van der Waals surface area contributed by atoms with Gasteiger partial charge in [-0.1, -0.05) is 24.3 Å². The molecule has 2 heterocycles. The van der Waals surface area contributed by atoms with E-state index in [0.29, 0.717) is 34.9 Å². The van der Waals surface area contributed by atoms with Crippen LogP contribution in [-0.2, 0) is 11.3 Å². The molecular weight excluding hydrogens is 484 g/mol. The number of amides is 1. The van der Waals surface area contributed by atoms with Crippen LogP contribution in [0, 0.1) is 0 Å². The Hall–Kier alpha value is -3.17. The molecule has 182 valence electrons. The largest absolute Gasteiger partial charge is 0.493 e. The van der Waals surface area contributed by atoms with Gasteiger partial charge in [0.2, 0.25) is 11.7 Å². The van der Waals surface area contributed by atoms with Crippen molar-refractivity contribution in [1.82, 2.24) is 10.3 Å². The summed E-state index contributed by atoms with van der Waals surface area (Å²) in [6, 6.07) is 14.5. The van der Waals surface area contributed by atoms with Crippen LogP contribution in [0.4, 0.5) is 0 Å². The molecule has 9 heteroatoms. The normalized spacial score (nSPS) is 17.0. The van der Waals surface area contributed by atoms with Crippen molar-refractivity contribution in [3.05, 3.63) is 83.2 Å². The first kappa shape index (κ1) is 24.9. The van der Waals surface area contributed by atoms with E-state index < -0.39 is 0 Å². The summed E-state index contributed by atoms with van der Waals surface area (Å²) in [5.74, 6) is 1.81. The highest BCUT2D eigenvalue weighted by atomic mass is 32.2. The van der Waals surface area contributed by atoms with Crippen LogP contribution in [-0.4, -0.2) is 49.0 Å². The number of ketones is 1. The smallest absolute Gasteiger partial charge is 0.234 e. The Kier molecular flexibility index (Phi) is 8.20. The number of aromatic nitrogens is 1. The van der Waals surface area contributed by atoms with E-state index in [1.54, 1.807) is 54.0 Å². The maximum atomic E-state index is 13.2. The summed E-state index contributed by atoms with van der Waals surface area (Å²) in [6.07, 6.45) is 3.60. The second-order valence-electron chi connectivity index (χ2n) is 7.74. The third-order valence-electron chi connectivity index (χ3n) is 5.52. The molecule has 1 aliphatic heterocycles. The van der Waals surface area contributed by atoms with Crippen LogP contribution in [0.3, 0.4) is 0 Å². The van der Waals surface area contributed by atoms with Gasteiger partial charge in [0.25, 0.3) is 0 Å². The first-order chi connectivity index (χ1) is 17.0. The molecule has 0 saturated carbocycles. The first-order valence-corrected chi connectivity index (χ1v) is 12.9. The van der Waals surface area contributed by atoms with E-state index in [2.05, 4.69) is 10.3 Å². The lowest BCUT2D eigenvalue weighted by Crippen LogP contribution is -2.32. The topological polar surface area (TPSA) is 86.8 Å². The van der Waals surface area contributed by atoms with Gasteiger partial charge in [-0.2, -0.15) is 0 Å². The standard InChI is InChI=1S/C26H26N2O5S2/c1-31-20-11-19(12-21(32-2)24(20)33-3)23(29)17-7-4-6-16(10-17)13-28-25(30)22-15-34-26(35-22)18-8-5-9-27-14-18/h4-12,14,22,26H,13,15H2,1-3H3,(H,28,30). The van der Waals surface area contributed by atoms with Crippen LogP contribution in [0.15, 0.2) is 60.9 Å². The quantitative estimate of drug-likeness (QED) is 0.421. The summed E-state index contributed by atoms with van der Waals surface area (Å²) in [5, 5.41) is 2.88. The lowest BCUT2D eigenvalue weighted by atomic mass is 10.0. The van der Waals surface area contributed by atoms with Crippen molar-refractivity contribution in [2.45, 2.75) is 16.4 Å². The Morgan fingerprint density at radius 3 is 2.43 bits per heavy atom. The molecule has 1 fully saturated rings. The Bertz CT molecular complexity index is 1180. The van der Waals surface area contributed by atoms with Crippen molar-refractivity contribution in [2.24, 2.45) is 0 Å². The Labute approximate surface area is 213 Å². The number of benzene rings is 2. The average molecular weight is 511 g/mol. The van der Waals surface area contributed by atoms with Crippen molar-refractivity contribution in [3.8, 4) is 17.2 Å². The number of pyridine rings is 1. The number of nitrogens with one attached hydrogen (secondary N) is 1. The van der Waals surface area contributed by atoms with Crippen molar-refractivity contribution >= 4 is 35.2 Å². The van der Waals surface area contributed by atoms with E-state index in [1.165, 1.54) is 21.3 Å². The molecule has 1 aromatic heterocycles. The maximum Gasteiger partial charge on any atom is 0.234 e. The molecule has 3 aromatic rings. The molecule has 2 unspecified atom stereocenters. The van der Waals surface area contributed by atoms with E-state index >= 15 is 0 Å². The van der Waals surface area contributed by atoms with Crippen LogP contribution in [0.5, 0.6) is 17.2 Å². The summed E-state index contributed by atoms with van der Waals surface area (Å²) in [6.45, 7) is 0.342. The van der Waals surface area contributed by atoms with Gasteiger partial charge in [-0.05, 0) is 35.4 Å². The number of methoxy groups -OCH3 is 3. The molecule has 4 rings (SSSR count). The summed E-state index contributed by atoms with van der Waals surface area (Å²) in [4.78, 5) is 30.1. The van der Waals surface area contributed by atoms with Gasteiger partial charge >= 0.3 is 0 Å². The third-order valence-corrected chi connectivity index (χ3v) is 8.80. The molecule has 0 aliphatic carbocycles. The molecule has 2 aromatic carbocycles. The van der Waals surface area contributed by atoms with Crippen LogP contribution in [0.1, 0.15) is 31.6 Å². The molecule has 0 radical (unpaired) electrons. The van der Waals surface area contributed by atoms with Crippen molar-refractivity contribution < 1.29 is 23.8 Å². The summed E-state index contributed by atoms with van der Waals surface area (Å²) in [5.41, 5.74) is 2.89. The fraction of sp³-hybridized carbons (Fsp3) is 0.269. The fourth-order valence-electron chi connectivity index (χ4n) is 3.73. The number of rotatable bonds is 9. The van der Waals surface area contributed by atoms with E-state index in [1.807, 2.05) is 30.5 Å². The first-order valence-electron chi connectivity index (χ1n) is 10.9. The highest BCUT2D eigenvalue weighted by Gasteiger charge is 2.32. The van der Waals surface area contributed by atoms with E-state index in [-0.39, 0.29) is 21.5 Å². The average Bonchev–Trinajstić information content (AvgIpc) is 3.41. The van der Waals surface area contributed by atoms with E-state index in [4.69, 9.17) is 14.2 Å². The highest BCUT2D eigenvalue weighted by molar-refractivity contribution is 8.20. The number of carbonyl (C=O) groups excluding carboxylic acids is 2. The van der Waals surface area contributed by atoms with Gasteiger partial charge in [0, 0.05) is 35.8 Å². The summed E-state index contributed by atoms with van der Waals surface area (Å²) >= 11 is 3.40. The predicted molar refractivity (Wildman–Crippen MR) is 139 cm³/mol. The summed E-state index contributed by atoms with van der Waals surface area (Å²) < 4.78 is 16.3. The van der Waals surface area contributed by atoms with Gasteiger partial charge in [0.05, 0.1) is 31.2 Å². The van der Waals surface area contributed by atoms with Crippen molar-refractivity contribution in [2.75, 3.05) is 27.1 Å². The SMILES string of the molecule is COc1cc(C(=O)c2cccc(CNC(=O)C3CSC(c4cccnc4)S3)c2)cc(OC)c1OC. The van der Waals surface area contributed by atoms with Crippen LogP contribution < -0.4 is 19.5 Å². The monoisotopic (exact) mass is 510 g/mol. The van der Waals surface area contributed by atoms with Gasteiger partial charge in [-0.25, -0.2) is 0 Å². The molecule has 1 amide bonds. The number of carbonyl (C=O) groups is 2. The fourth-order valence-corrected chi connectivity index (χ4v) is 6.87. The summed E-state index contributed by atoms with van der Waals surface area (Å²) in [7, 11) is 4.53. The Balaban J connectivity index is 1.41. The van der Waals surface area contributed by atoms with E-state index in [9.17, 15) is 9.59 Å². The van der Waals surface area contributed by atoms with Crippen molar-refractivity contribution in [3.63, 3.8) is 0 Å². The molecule has 0 spiro atoms. The van der Waals surface area contributed by atoms with Crippen molar-refractivity contribution in [1.29, 1.82) is 0 Å². The number of nitrogens with zero attached hydrogens (tertiary/aromatic N) is 1. The minimum Gasteiger partial charge on any atom is -0.493 e. The molecule has 1 saturated heterocycles. The number of hydrogen-bond donors (Lipinski definition) is 1. The van der Waals surface area contributed by atoms with Gasteiger partial charge < -0.3 is 19.5 Å². The van der Waals surface area contributed by atoms with E-state index in [0.717, 1.165) is 16.9 Å². The molecule has 7 nitrogen and oxygen atoms in total. The second-order valence-corrected chi connectivity index (χ2v) is 10.5. The minimum absolute atomic E-state index is 0.00440. The predicted octanol–water partition coefficient (Wildman–Crippen LogP) is 4.50. The lowest BCUT2D eigenvalue weighted by molar-refractivity contribution is -0.120. The van der Waals surface area contributed by atoms with Gasteiger partial charge in [-0.15, -0.1) is 23.5 Å². The third kappa shape index (κ3) is 5.74. The Morgan fingerprint density at radius 2 is 1.77 bits per heavy atom. The minimum atomic E-state index is -0.181. The zero-order chi connectivity index (χ0) is 24.8. The zero-order valence-electron chi connectivity index (χ0n) is 19.6. The lowest BCUT2D eigenvalue weighted by Gasteiger charge is -2.14. The van der Waals surface area contributed by atoms with Gasteiger partial charge in [-0.3, -0.25) is 14.6 Å². The number of thioether (sulfide) groups is 2. The maximum absolute atomic E-state index is 13.2. The van der Waals surface area contributed by atoms with Gasteiger partial charge in [0.1, 0.15) is 0 Å². The number of hydrogen-bond acceptors (Lipinski definition) is 8. The van der Waals surface area contributed by atoms with Crippen LogP contribution in [0.25, 0.3) is 0 Å². The zero-order valence-corrected chi connectivity index (χ0v) is 21.3. The highest BCUT2D eigenvalue weighted by Crippen LogP contribution is 2.49. The molecular formula is C26H26N2O5S2. The molecule has 1 N–H and O–H groups in total. The van der Waals surface area contributed by atoms with Gasteiger partial charge in [0.15, 0.2) is 17.3 Å². The second kappa shape index (κ2) is 11.5. The van der Waals surface area contributed by atoms with Crippen LogP contribution in [0.2, 0.25) is 0 Å². The van der Waals surface area contributed by atoms with Crippen LogP contribution >= 0.6 is 23.5 Å². The molecule has 1 aliphatic rings. The number of ether oxygens (including phenoxy) is 3. The molecule has 0 bridgehead atoms. The molecule has 35 heavy (non-hydrogen) atoms. The molecule has 2 atom stereocenters. The Morgan fingerprint density at radius 1 is 1.00 bits per heavy atom.